The second-order valence-corrected chi connectivity index (χ2v) is 5.59. The van der Waals surface area contributed by atoms with Crippen molar-refractivity contribution in [3.8, 4) is 0 Å². The van der Waals surface area contributed by atoms with Crippen molar-refractivity contribution in [2.24, 2.45) is 11.8 Å². The molecular weight excluding hydrogens is 184 g/mol. The lowest BCUT2D eigenvalue weighted by atomic mass is 9.96. The predicted octanol–water partition coefficient (Wildman–Crippen LogP) is 2.11. The van der Waals surface area contributed by atoms with Gasteiger partial charge in [0, 0.05) is 19.1 Å². The zero-order valence-electron chi connectivity index (χ0n) is 10.3. The van der Waals surface area contributed by atoms with E-state index in [0.29, 0.717) is 0 Å². The highest BCUT2D eigenvalue weighted by molar-refractivity contribution is 4.86. The molecule has 0 saturated carbocycles. The summed E-state index contributed by atoms with van der Waals surface area (Å²) >= 11 is 0. The summed E-state index contributed by atoms with van der Waals surface area (Å²) in [5.41, 5.74) is 0. The van der Waals surface area contributed by atoms with Gasteiger partial charge in [0.1, 0.15) is 0 Å². The average molecular weight is 210 g/mol. The molecule has 2 nitrogen and oxygen atoms in total. The van der Waals surface area contributed by atoms with E-state index in [1.165, 1.54) is 51.9 Å². The maximum atomic E-state index is 3.57. The monoisotopic (exact) mass is 210 g/mol. The third kappa shape index (κ3) is 2.94. The lowest BCUT2D eigenvalue weighted by molar-refractivity contribution is 0.170. The van der Waals surface area contributed by atoms with Crippen molar-refractivity contribution in [2.75, 3.05) is 26.2 Å². The van der Waals surface area contributed by atoms with E-state index in [1.807, 2.05) is 0 Å². The molecular formula is C13H26N2. The minimum absolute atomic E-state index is 0.829. The quantitative estimate of drug-likeness (QED) is 0.767. The van der Waals surface area contributed by atoms with Gasteiger partial charge in [0.05, 0.1) is 0 Å². The number of hydrogen-bond acceptors (Lipinski definition) is 2. The molecule has 2 aliphatic rings. The fraction of sp³-hybridized carbons (Fsp3) is 1.00. The summed E-state index contributed by atoms with van der Waals surface area (Å²) < 4.78 is 0. The molecule has 15 heavy (non-hydrogen) atoms. The van der Waals surface area contributed by atoms with Gasteiger partial charge in [-0.3, -0.25) is 4.90 Å². The molecule has 1 N–H and O–H groups in total. The van der Waals surface area contributed by atoms with Crippen molar-refractivity contribution in [3.05, 3.63) is 0 Å². The number of nitrogens with one attached hydrogen (secondary N) is 1. The first-order chi connectivity index (χ1) is 7.29. The Balaban J connectivity index is 1.79. The molecule has 2 aliphatic heterocycles. The molecule has 0 aromatic heterocycles. The Hall–Kier alpha value is -0.0800. The smallest absolute Gasteiger partial charge is 0.0223 e. The van der Waals surface area contributed by atoms with Crippen molar-refractivity contribution in [1.29, 1.82) is 0 Å². The summed E-state index contributed by atoms with van der Waals surface area (Å²) in [5.74, 6) is 1.86. The van der Waals surface area contributed by atoms with Crippen LogP contribution >= 0.6 is 0 Å². The van der Waals surface area contributed by atoms with Gasteiger partial charge in [-0.25, -0.2) is 0 Å². The number of likely N-dealkylation sites (tertiary alicyclic amines) is 1. The van der Waals surface area contributed by atoms with Crippen LogP contribution in [0.2, 0.25) is 0 Å². The minimum Gasteiger partial charge on any atom is -0.315 e. The molecule has 3 unspecified atom stereocenters. The second-order valence-electron chi connectivity index (χ2n) is 5.59. The maximum absolute atomic E-state index is 3.57. The lowest BCUT2D eigenvalue weighted by Gasteiger charge is -2.34. The van der Waals surface area contributed by atoms with Crippen molar-refractivity contribution in [2.45, 2.75) is 45.6 Å². The van der Waals surface area contributed by atoms with Gasteiger partial charge in [-0.2, -0.15) is 0 Å². The SMILES string of the molecule is CCCC1CCN(C2CNCC(C)C2)C1. The van der Waals surface area contributed by atoms with Gasteiger partial charge in [0.2, 0.25) is 0 Å². The molecule has 0 spiro atoms. The zero-order chi connectivity index (χ0) is 10.7. The van der Waals surface area contributed by atoms with Crippen LogP contribution in [0.4, 0.5) is 0 Å². The Kier molecular flexibility index (Phi) is 4.04. The first-order valence-electron chi connectivity index (χ1n) is 6.74. The van der Waals surface area contributed by atoms with E-state index < -0.39 is 0 Å². The van der Waals surface area contributed by atoms with Crippen LogP contribution in [-0.4, -0.2) is 37.1 Å². The van der Waals surface area contributed by atoms with E-state index in [1.54, 1.807) is 0 Å². The first-order valence-corrected chi connectivity index (χ1v) is 6.74. The van der Waals surface area contributed by atoms with Gasteiger partial charge in [-0.1, -0.05) is 20.3 Å². The number of rotatable bonds is 3. The first kappa shape index (κ1) is 11.4. The van der Waals surface area contributed by atoms with E-state index >= 15 is 0 Å². The van der Waals surface area contributed by atoms with E-state index in [2.05, 4.69) is 24.1 Å². The van der Waals surface area contributed by atoms with Gasteiger partial charge in [-0.15, -0.1) is 0 Å². The van der Waals surface area contributed by atoms with E-state index in [0.717, 1.165) is 17.9 Å². The summed E-state index contributed by atoms with van der Waals surface area (Å²) in [4.78, 5) is 2.74. The van der Waals surface area contributed by atoms with Gasteiger partial charge in [0.25, 0.3) is 0 Å². The Morgan fingerprint density at radius 2 is 2.20 bits per heavy atom. The van der Waals surface area contributed by atoms with Crippen LogP contribution in [0.3, 0.4) is 0 Å². The van der Waals surface area contributed by atoms with Crippen LogP contribution in [0.25, 0.3) is 0 Å². The Labute approximate surface area is 94.4 Å². The molecule has 0 aromatic carbocycles. The Morgan fingerprint density at radius 3 is 2.93 bits per heavy atom. The number of hydrogen-bond donors (Lipinski definition) is 1. The van der Waals surface area contributed by atoms with Crippen LogP contribution in [0, 0.1) is 11.8 Å². The van der Waals surface area contributed by atoms with Crippen molar-refractivity contribution in [1.82, 2.24) is 10.2 Å². The zero-order valence-corrected chi connectivity index (χ0v) is 10.3. The van der Waals surface area contributed by atoms with Gasteiger partial charge in [0.15, 0.2) is 0 Å². The van der Waals surface area contributed by atoms with E-state index in [9.17, 15) is 0 Å². The van der Waals surface area contributed by atoms with Crippen LogP contribution < -0.4 is 5.32 Å². The van der Waals surface area contributed by atoms with Crippen LogP contribution in [0.15, 0.2) is 0 Å². The molecule has 2 fully saturated rings. The Morgan fingerprint density at radius 1 is 1.33 bits per heavy atom. The Bertz CT molecular complexity index is 193. The molecule has 0 bridgehead atoms. The van der Waals surface area contributed by atoms with E-state index in [-0.39, 0.29) is 0 Å². The largest absolute Gasteiger partial charge is 0.315 e. The van der Waals surface area contributed by atoms with Crippen LogP contribution in [0.1, 0.15) is 39.5 Å². The highest BCUT2D eigenvalue weighted by atomic mass is 15.2. The van der Waals surface area contributed by atoms with Crippen molar-refractivity contribution in [3.63, 3.8) is 0 Å². The summed E-state index contributed by atoms with van der Waals surface area (Å²) in [7, 11) is 0. The molecule has 0 aromatic rings. The topological polar surface area (TPSA) is 15.3 Å². The third-order valence-corrected chi connectivity index (χ3v) is 4.08. The molecule has 2 heterocycles. The van der Waals surface area contributed by atoms with Crippen LogP contribution in [-0.2, 0) is 0 Å². The summed E-state index contributed by atoms with van der Waals surface area (Å²) in [6, 6.07) is 0.829. The van der Waals surface area contributed by atoms with Crippen molar-refractivity contribution >= 4 is 0 Å². The fourth-order valence-corrected chi connectivity index (χ4v) is 3.24. The number of nitrogens with zero attached hydrogens (tertiary/aromatic N) is 1. The lowest BCUT2D eigenvalue weighted by Crippen LogP contribution is -2.47. The molecule has 2 heteroatoms. The van der Waals surface area contributed by atoms with Gasteiger partial charge >= 0.3 is 0 Å². The summed E-state index contributed by atoms with van der Waals surface area (Å²) in [5, 5.41) is 3.57. The molecule has 0 radical (unpaired) electrons. The molecule has 0 amide bonds. The average Bonchev–Trinajstić information content (AvgIpc) is 2.67. The van der Waals surface area contributed by atoms with E-state index in [4.69, 9.17) is 0 Å². The molecule has 88 valence electrons. The second kappa shape index (κ2) is 5.31. The minimum atomic E-state index is 0.829. The summed E-state index contributed by atoms with van der Waals surface area (Å²) in [6.07, 6.45) is 5.65. The van der Waals surface area contributed by atoms with Crippen molar-refractivity contribution < 1.29 is 0 Å². The van der Waals surface area contributed by atoms with Crippen LogP contribution in [0.5, 0.6) is 0 Å². The highest BCUT2D eigenvalue weighted by Gasteiger charge is 2.30. The summed E-state index contributed by atoms with van der Waals surface area (Å²) in [6.45, 7) is 9.86. The third-order valence-electron chi connectivity index (χ3n) is 4.08. The fourth-order valence-electron chi connectivity index (χ4n) is 3.24. The standard InChI is InChI=1S/C13H26N2/c1-3-4-12-5-6-15(10-12)13-7-11(2)8-14-9-13/h11-14H,3-10H2,1-2H3. The predicted molar refractivity (Wildman–Crippen MR) is 65.0 cm³/mol. The highest BCUT2D eigenvalue weighted by Crippen LogP contribution is 2.25. The maximum Gasteiger partial charge on any atom is 0.0223 e. The molecule has 3 atom stereocenters. The molecule has 0 aliphatic carbocycles. The molecule has 2 saturated heterocycles. The number of piperidine rings is 1. The normalized spacial score (nSPS) is 38.4. The van der Waals surface area contributed by atoms with Gasteiger partial charge < -0.3 is 5.32 Å². The molecule has 2 rings (SSSR count). The van der Waals surface area contributed by atoms with Gasteiger partial charge in [-0.05, 0) is 44.2 Å².